The summed E-state index contributed by atoms with van der Waals surface area (Å²) in [4.78, 5) is 16.6. The number of hydrogen-bond acceptors (Lipinski definition) is 2. The van der Waals surface area contributed by atoms with Crippen LogP contribution in [0.4, 0.5) is 0 Å². The Morgan fingerprint density at radius 3 is 1.79 bits per heavy atom. The number of rotatable bonds is 5. The summed E-state index contributed by atoms with van der Waals surface area (Å²) in [5.74, 6) is -0.812. The molecule has 0 radical (unpaired) electrons. The average molecular weight is 337 g/mol. The topological polar surface area (TPSA) is 50.2 Å². The van der Waals surface area contributed by atoms with Crippen molar-refractivity contribution in [1.29, 1.82) is 0 Å². The summed E-state index contributed by atoms with van der Waals surface area (Å²) in [5, 5.41) is 11.9. The molecule has 2 aromatic carbocycles. The summed E-state index contributed by atoms with van der Waals surface area (Å²) in [6, 6.07) is 25.6. The molecule has 3 rings (SSSR count). The van der Waals surface area contributed by atoms with Crippen LogP contribution in [0.15, 0.2) is 85.1 Å². The van der Waals surface area contributed by atoms with Crippen molar-refractivity contribution < 1.29 is 9.90 Å². The van der Waals surface area contributed by atoms with Crippen molar-refractivity contribution >= 4 is 28.6 Å². The van der Waals surface area contributed by atoms with Crippen LogP contribution in [0.5, 0.6) is 0 Å². The molecule has 0 saturated carbocycles. The average Bonchev–Trinajstić information content (AvgIpc) is 2.63. The molecule has 122 valence electrons. The van der Waals surface area contributed by atoms with Gasteiger partial charge in [0.1, 0.15) is 0 Å². The Hall–Kier alpha value is -2.51. The van der Waals surface area contributed by atoms with Gasteiger partial charge in [-0.25, -0.2) is 0 Å². The van der Waals surface area contributed by atoms with Crippen LogP contribution in [0.1, 0.15) is 0 Å². The fourth-order valence-corrected chi connectivity index (χ4v) is 8.25. The van der Waals surface area contributed by atoms with E-state index in [2.05, 4.69) is 11.6 Å². The van der Waals surface area contributed by atoms with Crippen molar-refractivity contribution in [2.75, 3.05) is 12.8 Å². The van der Waals surface area contributed by atoms with Crippen LogP contribution in [-0.2, 0) is 4.79 Å². The van der Waals surface area contributed by atoms with E-state index in [1.165, 1.54) is 0 Å². The molecule has 0 saturated heterocycles. The van der Waals surface area contributed by atoms with Gasteiger partial charge in [0.25, 0.3) is 0 Å². The van der Waals surface area contributed by atoms with Gasteiger partial charge in [0.2, 0.25) is 0 Å². The fraction of sp³-hybridized carbons (Fsp3) is 0.100. The van der Waals surface area contributed by atoms with Crippen molar-refractivity contribution in [3.8, 4) is 0 Å². The number of benzene rings is 2. The van der Waals surface area contributed by atoms with E-state index in [1.54, 1.807) is 6.20 Å². The molecular weight excluding hydrogens is 317 g/mol. The number of carboxylic acids is 1. The first-order chi connectivity index (χ1) is 11.6. The van der Waals surface area contributed by atoms with E-state index in [9.17, 15) is 9.90 Å². The summed E-state index contributed by atoms with van der Waals surface area (Å²) in [5.41, 5.74) is 0.850. The molecule has 1 N–H and O–H groups in total. The SMILES string of the molecule is CP(CC(=O)O)(c1ccccc1)(c1ccccc1)c1ccccn1. The third kappa shape index (κ3) is 2.51. The van der Waals surface area contributed by atoms with Crippen LogP contribution in [0.2, 0.25) is 0 Å². The monoisotopic (exact) mass is 337 g/mol. The van der Waals surface area contributed by atoms with Gasteiger partial charge >= 0.3 is 141 Å². The van der Waals surface area contributed by atoms with Crippen LogP contribution in [0, 0.1) is 0 Å². The number of carbonyl (C=O) groups is 1. The molecule has 4 heteroatoms. The first-order valence-electron chi connectivity index (χ1n) is 7.81. The van der Waals surface area contributed by atoms with Crippen molar-refractivity contribution in [1.82, 2.24) is 4.98 Å². The quantitative estimate of drug-likeness (QED) is 0.728. The molecular formula is C20H20NO2P. The van der Waals surface area contributed by atoms with E-state index >= 15 is 0 Å². The van der Waals surface area contributed by atoms with Crippen molar-refractivity contribution in [3.63, 3.8) is 0 Å². The first kappa shape index (κ1) is 16.4. The van der Waals surface area contributed by atoms with Gasteiger partial charge in [-0.05, 0) is 0 Å². The molecule has 24 heavy (non-hydrogen) atoms. The molecule has 1 aromatic heterocycles. The van der Waals surface area contributed by atoms with E-state index in [0.29, 0.717) is 0 Å². The van der Waals surface area contributed by atoms with E-state index in [1.807, 2.05) is 78.9 Å². The Kier molecular flexibility index (Phi) is 4.21. The predicted molar refractivity (Wildman–Crippen MR) is 101 cm³/mol. The second-order valence-corrected chi connectivity index (χ2v) is 11.6. The minimum absolute atomic E-state index is 0.0383. The summed E-state index contributed by atoms with van der Waals surface area (Å²) >= 11 is 0. The Labute approximate surface area is 141 Å². The molecule has 0 aliphatic heterocycles. The van der Waals surface area contributed by atoms with Crippen molar-refractivity contribution in [3.05, 3.63) is 85.1 Å². The first-order valence-corrected chi connectivity index (χ1v) is 10.7. The van der Waals surface area contributed by atoms with Gasteiger partial charge in [-0.1, -0.05) is 0 Å². The summed E-state index contributed by atoms with van der Waals surface area (Å²) < 4.78 is 0. The molecule has 0 spiro atoms. The Balaban J connectivity index is 2.45. The van der Waals surface area contributed by atoms with Crippen LogP contribution < -0.4 is 16.0 Å². The molecule has 0 atom stereocenters. The van der Waals surface area contributed by atoms with Gasteiger partial charge in [-0.2, -0.15) is 0 Å². The standard InChI is InChI=1S/C20H20NO2P/c1-24(16-20(22)23,17-10-4-2-5-11-17,18-12-6-3-7-13-18)19-14-8-9-15-21-19/h2-15H,16H2,1H3,(H,22,23). The van der Waals surface area contributed by atoms with Gasteiger partial charge < -0.3 is 0 Å². The van der Waals surface area contributed by atoms with Crippen molar-refractivity contribution in [2.24, 2.45) is 0 Å². The zero-order valence-corrected chi connectivity index (χ0v) is 14.4. The normalized spacial score (nSPS) is 13.0. The number of aromatic nitrogens is 1. The molecule has 0 fully saturated rings. The van der Waals surface area contributed by atoms with E-state index in [0.717, 1.165) is 16.0 Å². The van der Waals surface area contributed by atoms with Crippen LogP contribution >= 0.6 is 6.60 Å². The number of hydrogen-bond donors (Lipinski definition) is 1. The molecule has 0 bridgehead atoms. The zero-order valence-electron chi connectivity index (χ0n) is 13.5. The Morgan fingerprint density at radius 1 is 0.875 bits per heavy atom. The predicted octanol–water partition coefficient (Wildman–Crippen LogP) is 2.63. The van der Waals surface area contributed by atoms with Crippen LogP contribution in [0.3, 0.4) is 0 Å². The second kappa shape index (κ2) is 6.18. The number of pyridine rings is 1. The molecule has 3 nitrogen and oxygen atoms in total. The molecule has 0 aliphatic rings. The third-order valence-corrected chi connectivity index (χ3v) is 10.7. The van der Waals surface area contributed by atoms with Gasteiger partial charge in [-0.3, -0.25) is 0 Å². The third-order valence-electron chi connectivity index (χ3n) is 4.71. The second-order valence-electron chi connectivity index (χ2n) is 6.21. The number of aliphatic carboxylic acids is 1. The summed E-state index contributed by atoms with van der Waals surface area (Å²) in [6.45, 7) is -1.10. The van der Waals surface area contributed by atoms with E-state index in [4.69, 9.17) is 0 Å². The van der Waals surface area contributed by atoms with E-state index < -0.39 is 12.6 Å². The van der Waals surface area contributed by atoms with Gasteiger partial charge in [0.05, 0.1) is 0 Å². The molecule has 0 aliphatic carbocycles. The minimum atomic E-state index is -3.21. The van der Waals surface area contributed by atoms with Gasteiger partial charge in [0.15, 0.2) is 0 Å². The van der Waals surface area contributed by atoms with Gasteiger partial charge in [0, 0.05) is 0 Å². The van der Waals surface area contributed by atoms with Crippen molar-refractivity contribution in [2.45, 2.75) is 0 Å². The molecule has 0 amide bonds. The number of carboxylic acid groups (broad SMARTS) is 1. The van der Waals surface area contributed by atoms with Gasteiger partial charge in [-0.15, -0.1) is 0 Å². The Bertz CT molecular complexity index is 736. The maximum absolute atomic E-state index is 11.9. The summed E-state index contributed by atoms with van der Waals surface area (Å²) in [7, 11) is 0. The zero-order chi connectivity index (χ0) is 17.1. The maximum atomic E-state index is 11.9. The Morgan fingerprint density at radius 2 is 1.38 bits per heavy atom. The van der Waals surface area contributed by atoms with E-state index in [-0.39, 0.29) is 6.16 Å². The molecule has 3 aromatic rings. The summed E-state index contributed by atoms with van der Waals surface area (Å²) in [6.07, 6.45) is 1.78. The molecule has 1 heterocycles. The fourth-order valence-electron chi connectivity index (χ4n) is 3.39. The van der Waals surface area contributed by atoms with Crippen LogP contribution in [0.25, 0.3) is 0 Å². The van der Waals surface area contributed by atoms with Crippen LogP contribution in [-0.4, -0.2) is 28.9 Å². The molecule has 0 unspecified atom stereocenters. The number of nitrogens with zero attached hydrogens (tertiary/aromatic N) is 1.